The number of hydrogen-bond donors (Lipinski definition) is 1. The molecule has 0 heterocycles. The Morgan fingerprint density at radius 2 is 2.00 bits per heavy atom. The molecule has 0 saturated heterocycles. The van der Waals surface area contributed by atoms with Gasteiger partial charge in [0.1, 0.15) is 0 Å². The zero-order valence-corrected chi connectivity index (χ0v) is 11.0. The van der Waals surface area contributed by atoms with E-state index in [9.17, 15) is 5.11 Å². The van der Waals surface area contributed by atoms with Crippen LogP contribution in [0.2, 0.25) is 0 Å². The van der Waals surface area contributed by atoms with Gasteiger partial charge in [0.05, 0.1) is 11.4 Å². The van der Waals surface area contributed by atoms with Crippen molar-refractivity contribution in [2.24, 2.45) is 5.92 Å². The minimum Gasteiger partial charge on any atom is -0.388 e. The summed E-state index contributed by atoms with van der Waals surface area (Å²) in [5.74, 6) is 1.59. The van der Waals surface area contributed by atoms with Crippen molar-refractivity contribution >= 4 is 11.8 Å². The van der Waals surface area contributed by atoms with E-state index in [2.05, 4.69) is 27.4 Å². The Bertz CT molecular complexity index is 187. The first-order chi connectivity index (χ1) is 7.11. The Morgan fingerprint density at radius 1 is 1.33 bits per heavy atom. The highest BCUT2D eigenvalue weighted by Crippen LogP contribution is 2.18. The summed E-state index contributed by atoms with van der Waals surface area (Å²) in [6.45, 7) is 10.2. The zero-order chi connectivity index (χ0) is 11.7. The van der Waals surface area contributed by atoms with Gasteiger partial charge in [-0.3, -0.25) is 0 Å². The van der Waals surface area contributed by atoms with Gasteiger partial charge in [0.2, 0.25) is 0 Å². The van der Waals surface area contributed by atoms with Crippen LogP contribution >= 0.6 is 11.8 Å². The molecule has 0 spiro atoms. The van der Waals surface area contributed by atoms with Gasteiger partial charge in [0.15, 0.2) is 0 Å². The smallest absolute Gasteiger partial charge is 0.0874 e. The molecular weight excluding hydrogens is 204 g/mol. The van der Waals surface area contributed by atoms with E-state index < -0.39 is 6.10 Å². The SMILES string of the molecule is C=CC(SCCCC)C(O)/C=C\C(C)C. The Hall–Kier alpha value is -0.210. The van der Waals surface area contributed by atoms with Crippen LogP contribution in [-0.2, 0) is 0 Å². The quantitative estimate of drug-likeness (QED) is 0.505. The van der Waals surface area contributed by atoms with Crippen molar-refractivity contribution in [2.75, 3.05) is 5.75 Å². The summed E-state index contributed by atoms with van der Waals surface area (Å²) in [5, 5.41) is 10.0. The second kappa shape index (κ2) is 9.05. The van der Waals surface area contributed by atoms with Gasteiger partial charge in [0.25, 0.3) is 0 Å². The molecule has 15 heavy (non-hydrogen) atoms. The van der Waals surface area contributed by atoms with Crippen LogP contribution in [0.3, 0.4) is 0 Å². The number of thioether (sulfide) groups is 1. The minimum absolute atomic E-state index is 0.131. The minimum atomic E-state index is -0.397. The Morgan fingerprint density at radius 3 is 2.47 bits per heavy atom. The molecular formula is C13H24OS. The van der Waals surface area contributed by atoms with Crippen molar-refractivity contribution in [1.29, 1.82) is 0 Å². The maximum atomic E-state index is 9.88. The van der Waals surface area contributed by atoms with Gasteiger partial charge in [-0.25, -0.2) is 0 Å². The normalized spacial score (nSPS) is 15.8. The molecule has 0 fully saturated rings. The average molecular weight is 228 g/mol. The maximum absolute atomic E-state index is 9.88. The number of allylic oxidation sites excluding steroid dienone is 1. The summed E-state index contributed by atoms with van der Waals surface area (Å²) in [6, 6.07) is 0. The molecule has 2 unspecified atom stereocenters. The first-order valence-electron chi connectivity index (χ1n) is 5.72. The van der Waals surface area contributed by atoms with Crippen molar-refractivity contribution in [2.45, 2.75) is 45.0 Å². The first kappa shape index (κ1) is 14.8. The Balaban J connectivity index is 3.98. The summed E-state index contributed by atoms with van der Waals surface area (Å²) >= 11 is 1.79. The van der Waals surface area contributed by atoms with Gasteiger partial charge >= 0.3 is 0 Å². The fraction of sp³-hybridized carbons (Fsp3) is 0.692. The van der Waals surface area contributed by atoms with Crippen LogP contribution in [-0.4, -0.2) is 22.2 Å². The van der Waals surface area contributed by atoms with E-state index in [1.165, 1.54) is 12.8 Å². The van der Waals surface area contributed by atoms with Gasteiger partial charge in [-0.2, -0.15) is 11.8 Å². The molecule has 0 aliphatic heterocycles. The summed E-state index contributed by atoms with van der Waals surface area (Å²) in [4.78, 5) is 0. The van der Waals surface area contributed by atoms with Crippen molar-refractivity contribution in [3.8, 4) is 0 Å². The highest BCUT2D eigenvalue weighted by molar-refractivity contribution is 8.00. The third-order valence-corrected chi connectivity index (χ3v) is 3.45. The lowest BCUT2D eigenvalue weighted by Gasteiger charge is -2.16. The van der Waals surface area contributed by atoms with Crippen molar-refractivity contribution in [3.63, 3.8) is 0 Å². The fourth-order valence-corrected chi connectivity index (χ4v) is 2.27. The van der Waals surface area contributed by atoms with E-state index in [0.29, 0.717) is 5.92 Å². The molecule has 0 saturated carbocycles. The highest BCUT2D eigenvalue weighted by atomic mass is 32.2. The second-order valence-corrected chi connectivity index (χ2v) is 5.33. The molecule has 1 N–H and O–H groups in total. The monoisotopic (exact) mass is 228 g/mol. The number of unbranched alkanes of at least 4 members (excludes halogenated alkanes) is 1. The zero-order valence-electron chi connectivity index (χ0n) is 10.1. The molecule has 0 rings (SSSR count). The lowest BCUT2D eigenvalue weighted by atomic mass is 10.1. The fourth-order valence-electron chi connectivity index (χ4n) is 1.12. The van der Waals surface area contributed by atoms with E-state index in [-0.39, 0.29) is 5.25 Å². The van der Waals surface area contributed by atoms with Crippen LogP contribution in [0.4, 0.5) is 0 Å². The third kappa shape index (κ3) is 7.69. The molecule has 0 amide bonds. The summed E-state index contributed by atoms with van der Waals surface area (Å²) in [6.07, 6.45) is 7.78. The molecule has 1 nitrogen and oxygen atoms in total. The molecule has 0 radical (unpaired) electrons. The largest absolute Gasteiger partial charge is 0.388 e. The molecule has 0 aromatic heterocycles. The van der Waals surface area contributed by atoms with Gasteiger partial charge in [-0.15, -0.1) is 6.58 Å². The number of rotatable bonds is 8. The van der Waals surface area contributed by atoms with Gasteiger partial charge < -0.3 is 5.11 Å². The van der Waals surface area contributed by atoms with Crippen LogP contribution in [0.1, 0.15) is 33.6 Å². The molecule has 0 bridgehead atoms. The lowest BCUT2D eigenvalue weighted by molar-refractivity contribution is 0.231. The van der Waals surface area contributed by atoms with E-state index in [4.69, 9.17) is 0 Å². The second-order valence-electron chi connectivity index (χ2n) is 4.04. The van der Waals surface area contributed by atoms with Gasteiger partial charge in [0, 0.05) is 0 Å². The van der Waals surface area contributed by atoms with Crippen LogP contribution in [0.15, 0.2) is 24.8 Å². The molecule has 0 aromatic carbocycles. The van der Waals surface area contributed by atoms with Crippen molar-refractivity contribution in [3.05, 3.63) is 24.8 Å². The van der Waals surface area contributed by atoms with Crippen LogP contribution < -0.4 is 0 Å². The van der Waals surface area contributed by atoms with Crippen LogP contribution in [0.5, 0.6) is 0 Å². The first-order valence-corrected chi connectivity index (χ1v) is 6.77. The average Bonchev–Trinajstić information content (AvgIpc) is 2.21. The predicted molar refractivity (Wildman–Crippen MR) is 71.3 cm³/mol. The lowest BCUT2D eigenvalue weighted by Crippen LogP contribution is -2.18. The predicted octanol–water partition coefficient (Wildman–Crippen LogP) is 3.65. The molecule has 0 aliphatic carbocycles. The summed E-state index contributed by atoms with van der Waals surface area (Å²) in [7, 11) is 0. The molecule has 2 atom stereocenters. The van der Waals surface area contributed by atoms with E-state index in [0.717, 1.165) is 5.75 Å². The number of hydrogen-bond acceptors (Lipinski definition) is 2. The topological polar surface area (TPSA) is 20.2 Å². The Labute approximate surface area is 98.7 Å². The Kier molecular flexibility index (Phi) is 8.92. The van der Waals surface area contributed by atoms with Gasteiger partial charge in [-0.1, -0.05) is 45.4 Å². The summed E-state index contributed by atoms with van der Waals surface area (Å²) < 4.78 is 0. The van der Waals surface area contributed by atoms with Crippen LogP contribution in [0.25, 0.3) is 0 Å². The maximum Gasteiger partial charge on any atom is 0.0874 e. The third-order valence-electron chi connectivity index (χ3n) is 2.07. The van der Waals surface area contributed by atoms with E-state index in [1.807, 2.05) is 18.2 Å². The number of aliphatic hydroxyl groups is 1. The molecule has 0 aliphatic rings. The van der Waals surface area contributed by atoms with E-state index in [1.54, 1.807) is 11.8 Å². The van der Waals surface area contributed by atoms with Crippen molar-refractivity contribution < 1.29 is 5.11 Å². The molecule has 2 heteroatoms. The molecule has 88 valence electrons. The van der Waals surface area contributed by atoms with Crippen LogP contribution in [0, 0.1) is 5.92 Å². The summed E-state index contributed by atoms with van der Waals surface area (Å²) in [5.41, 5.74) is 0. The van der Waals surface area contributed by atoms with Crippen molar-refractivity contribution in [1.82, 2.24) is 0 Å². The highest BCUT2D eigenvalue weighted by Gasteiger charge is 2.12. The number of aliphatic hydroxyl groups excluding tert-OH is 1. The standard InChI is InChI=1S/C13H24OS/c1-5-7-10-15-13(6-2)12(14)9-8-11(3)4/h6,8-9,11-14H,2,5,7,10H2,1,3-4H3/b9-8-. The van der Waals surface area contributed by atoms with Gasteiger partial charge in [-0.05, 0) is 18.1 Å². The van der Waals surface area contributed by atoms with E-state index >= 15 is 0 Å². The molecule has 0 aromatic rings.